The summed E-state index contributed by atoms with van der Waals surface area (Å²) < 4.78 is 69.3. The Morgan fingerprint density at radius 2 is 1.48 bits per heavy atom. The number of carbonyl (C=O) groups is 1. The molecule has 3 aromatic heterocycles. The van der Waals surface area contributed by atoms with Crippen molar-refractivity contribution in [2.75, 3.05) is 71.3 Å². The van der Waals surface area contributed by atoms with E-state index in [2.05, 4.69) is 24.6 Å². The van der Waals surface area contributed by atoms with Crippen LogP contribution in [0.15, 0.2) is 37.2 Å². The Morgan fingerprint density at radius 1 is 0.862 bits per heavy atom. The Bertz CT molecular complexity index is 1880. The summed E-state index contributed by atoms with van der Waals surface area (Å²) in [5.41, 5.74) is 11.3. The molecule has 11 N–H and O–H groups in total. The van der Waals surface area contributed by atoms with Crippen LogP contribution in [-0.4, -0.2) is 158 Å². The number of amides is 1. The fraction of sp³-hybridized carbons (Fsp3) is 0.645. The largest absolute Gasteiger partial charge is 0.481 e. The van der Waals surface area contributed by atoms with E-state index in [4.69, 9.17) is 44.2 Å². The van der Waals surface area contributed by atoms with Gasteiger partial charge in [-0.05, 0) is 25.5 Å². The molecule has 0 aliphatic carbocycles. The molecule has 2 fully saturated rings. The highest BCUT2D eigenvalue weighted by Crippen LogP contribution is 2.60. The molecular formula is C31H49N8O17P2+. The molecule has 2 aliphatic heterocycles. The number of aliphatic hydroxyl groups is 4. The van der Waals surface area contributed by atoms with Crippen molar-refractivity contribution in [1.82, 2.24) is 19.5 Å². The average Bonchev–Trinajstić information content (AvgIpc) is 3.84. The Hall–Kier alpha value is -3.17. The van der Waals surface area contributed by atoms with Crippen LogP contribution < -0.4 is 21.4 Å². The zero-order valence-corrected chi connectivity index (χ0v) is 32.8. The van der Waals surface area contributed by atoms with Crippen molar-refractivity contribution >= 4 is 38.5 Å². The van der Waals surface area contributed by atoms with E-state index in [9.17, 15) is 44.1 Å². The molecule has 5 rings (SSSR count). The van der Waals surface area contributed by atoms with E-state index in [1.807, 2.05) is 0 Å². The molecule has 27 heteroatoms. The zero-order valence-electron chi connectivity index (χ0n) is 31.0. The number of nitrogens with one attached hydrogen (secondary N) is 1. The summed E-state index contributed by atoms with van der Waals surface area (Å²) in [6.07, 6.45) is -5.37. The van der Waals surface area contributed by atoms with Crippen LogP contribution in [0, 0.1) is 0 Å². The number of hydrogen-bond acceptors (Lipinski definition) is 20. The molecule has 2 aliphatic rings. The monoisotopic (exact) mass is 867 g/mol. The number of phosphoric acid groups is 2. The second-order valence-electron chi connectivity index (χ2n) is 12.9. The van der Waals surface area contributed by atoms with Gasteiger partial charge in [-0.25, -0.2) is 24.1 Å². The number of nitrogens with zero attached hydrogens (tertiary/aromatic N) is 5. The Kier molecular flexibility index (Phi) is 16.9. The molecule has 0 spiro atoms. The van der Waals surface area contributed by atoms with Crippen molar-refractivity contribution < 1.29 is 85.7 Å². The van der Waals surface area contributed by atoms with Crippen molar-refractivity contribution in [2.24, 2.45) is 11.5 Å². The lowest BCUT2D eigenvalue weighted by Gasteiger charge is -2.20. The maximum atomic E-state index is 12.6. The predicted octanol–water partition coefficient (Wildman–Crippen LogP) is -2.40. The Morgan fingerprint density at radius 3 is 2.14 bits per heavy atom. The van der Waals surface area contributed by atoms with Crippen LogP contribution in [0.4, 0.5) is 5.82 Å². The summed E-state index contributed by atoms with van der Waals surface area (Å²) in [5.74, 6) is -0.391. The lowest BCUT2D eigenvalue weighted by Crippen LogP contribution is -2.46. The van der Waals surface area contributed by atoms with Crippen molar-refractivity contribution in [1.29, 1.82) is 0 Å². The smallest absolute Gasteiger partial charge is 0.387 e. The minimum absolute atomic E-state index is 0.0660. The summed E-state index contributed by atoms with van der Waals surface area (Å²) >= 11 is 0. The topological polar surface area (TPSA) is 358 Å². The third kappa shape index (κ3) is 12.4. The maximum Gasteiger partial charge on any atom is 0.481 e. The van der Waals surface area contributed by atoms with E-state index in [-0.39, 0.29) is 11.2 Å². The van der Waals surface area contributed by atoms with Crippen LogP contribution in [0.2, 0.25) is 0 Å². The summed E-state index contributed by atoms with van der Waals surface area (Å²) in [7, 11) is -10.8. The minimum atomic E-state index is -5.41. The number of fused-ring (bicyclic) bond motifs is 1. The van der Waals surface area contributed by atoms with Crippen molar-refractivity contribution in [3.8, 4) is 0 Å². The van der Waals surface area contributed by atoms with Gasteiger partial charge in [0.15, 0.2) is 41.7 Å². The lowest BCUT2D eigenvalue weighted by molar-refractivity contribution is -0.765. The highest BCUT2D eigenvalue weighted by molar-refractivity contribution is 7.61. The van der Waals surface area contributed by atoms with E-state index in [1.54, 1.807) is 0 Å². The number of hydrogen-bond donors (Lipinski definition) is 9. The number of primary amides is 1. The van der Waals surface area contributed by atoms with Crippen molar-refractivity contribution in [3.05, 3.63) is 42.7 Å². The zero-order chi connectivity index (χ0) is 41.9. The van der Waals surface area contributed by atoms with Gasteiger partial charge in [-0.15, -0.1) is 0 Å². The molecule has 58 heavy (non-hydrogen) atoms. The SMILES string of the molecule is NCCCOCCOCCOCCCNc1ncnc2c1ncn2[C@H]1O[C@@H](COP(=O)(O)OP(=O)(O)OC[C@H]2O[C@@H]([n+]3cccc(C(N)=O)c3)C(O)[C@H]2O)C(O)[C@H]1O. The fourth-order valence-corrected chi connectivity index (χ4v) is 7.89. The van der Waals surface area contributed by atoms with E-state index < -0.39 is 83.8 Å². The number of phosphoric ester groups is 2. The first-order valence-corrected chi connectivity index (χ1v) is 21.0. The van der Waals surface area contributed by atoms with Crippen molar-refractivity contribution in [2.45, 2.75) is 61.9 Å². The molecule has 4 unspecified atom stereocenters. The van der Waals surface area contributed by atoms with Gasteiger partial charge in [-0.2, -0.15) is 8.88 Å². The molecule has 3 aromatic rings. The van der Waals surface area contributed by atoms with E-state index in [1.165, 1.54) is 46.3 Å². The first kappa shape index (κ1) is 45.9. The molecule has 0 bridgehead atoms. The van der Waals surface area contributed by atoms with Gasteiger partial charge in [0.2, 0.25) is 0 Å². The highest BCUT2D eigenvalue weighted by atomic mass is 31.3. The number of imidazole rings is 1. The number of rotatable bonds is 25. The number of aliphatic hydroxyl groups excluding tert-OH is 4. The first-order chi connectivity index (χ1) is 27.7. The normalized spacial score (nSPS) is 26.8. The number of nitrogens with two attached hydrogens (primary N) is 2. The third-order valence-electron chi connectivity index (χ3n) is 8.71. The minimum Gasteiger partial charge on any atom is -0.387 e. The summed E-state index contributed by atoms with van der Waals surface area (Å²) in [6.45, 7) is 2.09. The number of aromatic nitrogens is 5. The van der Waals surface area contributed by atoms with Crippen LogP contribution in [0.1, 0.15) is 35.7 Å². The van der Waals surface area contributed by atoms with Crippen LogP contribution in [-0.2, 0) is 46.2 Å². The quantitative estimate of drug-likeness (QED) is 0.0243. The molecule has 324 valence electrons. The van der Waals surface area contributed by atoms with Gasteiger partial charge < -0.3 is 70.7 Å². The molecule has 1 amide bonds. The van der Waals surface area contributed by atoms with Gasteiger partial charge in [0.1, 0.15) is 42.4 Å². The molecule has 0 aromatic carbocycles. The van der Waals surface area contributed by atoms with Crippen molar-refractivity contribution in [3.63, 3.8) is 0 Å². The second kappa shape index (κ2) is 21.4. The second-order valence-corrected chi connectivity index (χ2v) is 16.0. The van der Waals surface area contributed by atoms with Gasteiger partial charge in [0.05, 0.1) is 46.0 Å². The summed E-state index contributed by atoms with van der Waals surface area (Å²) in [6, 6.07) is 2.84. The molecule has 0 radical (unpaired) electrons. The van der Waals surface area contributed by atoms with Gasteiger partial charge in [-0.3, -0.25) is 18.4 Å². The van der Waals surface area contributed by atoms with Crippen LogP contribution in [0.25, 0.3) is 11.2 Å². The first-order valence-electron chi connectivity index (χ1n) is 18.1. The van der Waals surface area contributed by atoms with Crippen LogP contribution in [0.3, 0.4) is 0 Å². The van der Waals surface area contributed by atoms with E-state index in [0.29, 0.717) is 70.5 Å². The molecule has 5 heterocycles. The number of anilines is 1. The molecule has 25 nitrogen and oxygen atoms in total. The summed E-state index contributed by atoms with van der Waals surface area (Å²) in [5, 5.41) is 45.5. The molecule has 2 saturated heterocycles. The van der Waals surface area contributed by atoms with Crippen LogP contribution >= 0.6 is 15.6 Å². The van der Waals surface area contributed by atoms with Gasteiger partial charge in [0.25, 0.3) is 12.1 Å². The van der Waals surface area contributed by atoms with E-state index >= 15 is 0 Å². The predicted molar refractivity (Wildman–Crippen MR) is 194 cm³/mol. The number of ether oxygens (including phenoxy) is 5. The number of pyridine rings is 1. The van der Waals surface area contributed by atoms with Gasteiger partial charge in [0, 0.05) is 25.8 Å². The summed E-state index contributed by atoms with van der Waals surface area (Å²) in [4.78, 5) is 44.6. The Labute approximate surface area is 330 Å². The van der Waals surface area contributed by atoms with Crippen LogP contribution in [0.5, 0.6) is 0 Å². The standard InChI is InChI=1S/C31H48N8O17P2/c32-5-2-8-49-10-12-51-13-11-50-9-3-6-34-28-22-29(36-17-35-28)39(18-37-22)31-26(43)24(41)21(55-31)16-53-58(47,48)56-57(45,46)52-15-20-23(40)25(42)30(54-20)38-7-1-4-19(14-38)27(33)44/h1,4,7,14,17-18,20-21,23-26,30-31,40-43H,2-3,5-6,8-13,15-16,32H2,(H4-,33,34,35,36,44,45,46,47,48)/p+1/t20-,21+,23+,24?,25?,26-,30-,31+/m1/s1. The highest BCUT2D eigenvalue weighted by Gasteiger charge is 2.50. The molecular weight excluding hydrogens is 818 g/mol. The maximum absolute atomic E-state index is 12.6. The third-order valence-corrected chi connectivity index (χ3v) is 11.3. The Balaban J connectivity index is 1.06. The fourth-order valence-electron chi connectivity index (χ4n) is 5.80. The lowest BCUT2D eigenvalue weighted by atomic mass is 10.1. The molecule has 10 atom stereocenters. The van der Waals surface area contributed by atoms with E-state index in [0.717, 1.165) is 6.42 Å². The van der Waals surface area contributed by atoms with Gasteiger partial charge in [-0.1, -0.05) is 0 Å². The number of carbonyl (C=O) groups excluding carboxylic acids is 1. The molecule has 0 saturated carbocycles. The average molecular weight is 868 g/mol. The van der Waals surface area contributed by atoms with Gasteiger partial charge >= 0.3 is 15.6 Å².